The van der Waals surface area contributed by atoms with Gasteiger partial charge in [-0.15, -0.1) is 0 Å². The Kier molecular flexibility index (Phi) is 3.18. The molecule has 1 heterocycles. The van der Waals surface area contributed by atoms with Gasteiger partial charge in [0.1, 0.15) is 5.75 Å². The first kappa shape index (κ1) is 11.1. The molecule has 2 rings (SSSR count). The third-order valence-electron chi connectivity index (χ3n) is 2.64. The molecule has 3 nitrogen and oxygen atoms in total. The summed E-state index contributed by atoms with van der Waals surface area (Å²) in [5, 5.41) is 0. The lowest BCUT2D eigenvalue weighted by Gasteiger charge is -2.29. The lowest BCUT2D eigenvalue weighted by atomic mass is 10.0. The number of hydrogen-bond donors (Lipinski definition) is 0. The van der Waals surface area contributed by atoms with Gasteiger partial charge >= 0.3 is 0 Å². The van der Waals surface area contributed by atoms with E-state index in [1.165, 1.54) is 0 Å². The van der Waals surface area contributed by atoms with Crippen LogP contribution in [0.3, 0.4) is 0 Å². The van der Waals surface area contributed by atoms with Crippen molar-refractivity contribution in [3.05, 3.63) is 23.8 Å². The molecule has 1 aromatic rings. The van der Waals surface area contributed by atoms with Crippen LogP contribution in [-0.2, 0) is 4.79 Å². The maximum Gasteiger partial charge on any atom is 0.265 e. The van der Waals surface area contributed by atoms with Gasteiger partial charge in [-0.1, -0.05) is 12.4 Å². The zero-order valence-corrected chi connectivity index (χ0v) is 9.40. The molecule has 0 aliphatic carbocycles. The predicted molar refractivity (Wildman–Crippen MR) is 64.2 cm³/mol. The maximum absolute atomic E-state index is 11.7. The molecule has 1 aliphatic heterocycles. The first-order chi connectivity index (χ1) is 7.72. The Morgan fingerprint density at radius 1 is 1.50 bits per heavy atom. The van der Waals surface area contributed by atoms with Crippen LogP contribution in [0.4, 0.5) is 5.69 Å². The van der Waals surface area contributed by atoms with Crippen molar-refractivity contribution in [2.75, 3.05) is 18.1 Å². The Morgan fingerprint density at radius 2 is 2.31 bits per heavy atom. The Hall–Kier alpha value is -1.45. The van der Waals surface area contributed by atoms with Gasteiger partial charge in [0.25, 0.3) is 5.91 Å². The van der Waals surface area contributed by atoms with E-state index < -0.39 is 0 Å². The number of amides is 1. The van der Waals surface area contributed by atoms with Crippen LogP contribution in [0, 0.1) is 6.92 Å². The van der Waals surface area contributed by atoms with E-state index in [1.807, 2.05) is 25.1 Å². The average molecular weight is 215 g/mol. The van der Waals surface area contributed by atoms with Crippen molar-refractivity contribution in [3.8, 4) is 5.75 Å². The molecule has 0 spiro atoms. The summed E-state index contributed by atoms with van der Waals surface area (Å²) in [6, 6.07) is 5.87. The number of nitrogens with zero attached hydrogens (tertiary/aromatic N) is 1. The maximum atomic E-state index is 11.7. The Morgan fingerprint density at radius 3 is 3.06 bits per heavy atom. The van der Waals surface area contributed by atoms with Gasteiger partial charge in [0.2, 0.25) is 0 Å². The molecule has 0 N–H and O–H groups in total. The quantitative estimate of drug-likeness (QED) is 0.718. The second kappa shape index (κ2) is 4.60. The molecule has 1 aromatic carbocycles. The fraction of sp³-hybridized carbons (Fsp3) is 0.417. The number of carbonyl (C=O) groups excluding carboxylic acids is 1. The van der Waals surface area contributed by atoms with Gasteiger partial charge in [-0.25, -0.2) is 0 Å². The van der Waals surface area contributed by atoms with Crippen molar-refractivity contribution < 1.29 is 9.53 Å². The van der Waals surface area contributed by atoms with E-state index in [1.54, 1.807) is 4.90 Å². The monoisotopic (exact) mass is 215 g/mol. The lowest BCUT2D eigenvalue weighted by Crippen LogP contribution is -2.39. The summed E-state index contributed by atoms with van der Waals surface area (Å²) < 4.78 is 5.38. The number of aryl methyl sites for hydroxylation is 1. The van der Waals surface area contributed by atoms with Gasteiger partial charge < -0.3 is 9.64 Å². The minimum atomic E-state index is 0.00606. The first-order valence-electron chi connectivity index (χ1n) is 5.46. The second-order valence-electron chi connectivity index (χ2n) is 3.95. The van der Waals surface area contributed by atoms with Crippen LogP contribution < -0.4 is 9.64 Å². The molecule has 1 aliphatic rings. The van der Waals surface area contributed by atoms with E-state index >= 15 is 0 Å². The van der Waals surface area contributed by atoms with Gasteiger partial charge in [0, 0.05) is 6.54 Å². The highest BCUT2D eigenvalue weighted by molar-refractivity contribution is 6.08. The van der Waals surface area contributed by atoms with Crippen molar-refractivity contribution in [3.63, 3.8) is 0 Å². The molecule has 4 heteroatoms. The highest BCUT2D eigenvalue weighted by Crippen LogP contribution is 2.32. The standard InChI is InChI=1S/C12H14BNO2/c1-9-3-4-11-10(7-9)14(6-2-5-13)12(15)8-16-11/h3-4,7H,2,5-6,8H2,1H3. The van der Waals surface area contributed by atoms with E-state index in [0.717, 1.165) is 23.4 Å². The van der Waals surface area contributed by atoms with E-state index in [4.69, 9.17) is 12.6 Å². The molecule has 0 saturated heterocycles. The van der Waals surface area contributed by atoms with E-state index in [9.17, 15) is 4.79 Å². The molecule has 0 bridgehead atoms. The summed E-state index contributed by atoms with van der Waals surface area (Å²) in [6.07, 6.45) is 1.39. The second-order valence-corrected chi connectivity index (χ2v) is 3.95. The normalized spacial score (nSPS) is 14.6. The number of hydrogen-bond acceptors (Lipinski definition) is 2. The van der Waals surface area contributed by atoms with E-state index in [0.29, 0.717) is 12.9 Å². The predicted octanol–water partition coefficient (Wildman–Crippen LogP) is 1.70. The molecule has 82 valence electrons. The largest absolute Gasteiger partial charge is 0.482 e. The molecule has 0 atom stereocenters. The van der Waals surface area contributed by atoms with Crippen LogP contribution in [-0.4, -0.2) is 26.9 Å². The van der Waals surface area contributed by atoms with Crippen LogP contribution in [0.1, 0.15) is 12.0 Å². The number of benzene rings is 1. The highest BCUT2D eigenvalue weighted by Gasteiger charge is 2.24. The Bertz CT molecular complexity index is 406. The molecule has 0 aromatic heterocycles. The number of carbonyl (C=O) groups is 1. The van der Waals surface area contributed by atoms with Gasteiger partial charge in [0.15, 0.2) is 6.61 Å². The number of anilines is 1. The zero-order chi connectivity index (χ0) is 11.5. The first-order valence-corrected chi connectivity index (χ1v) is 5.46. The molecule has 0 fully saturated rings. The summed E-state index contributed by atoms with van der Waals surface area (Å²) in [5.74, 6) is 0.786. The van der Waals surface area contributed by atoms with Crippen LogP contribution in [0.5, 0.6) is 5.75 Å². The van der Waals surface area contributed by atoms with Gasteiger partial charge in [0.05, 0.1) is 13.5 Å². The van der Waals surface area contributed by atoms with Crippen LogP contribution in [0.2, 0.25) is 6.32 Å². The summed E-state index contributed by atoms with van der Waals surface area (Å²) in [6.45, 7) is 2.79. The van der Waals surface area contributed by atoms with Gasteiger partial charge in [-0.05, 0) is 31.0 Å². The number of fused-ring (bicyclic) bond motifs is 1. The van der Waals surface area contributed by atoms with Crippen molar-refractivity contribution in [1.29, 1.82) is 0 Å². The molecular formula is C12H14BNO2. The summed E-state index contributed by atoms with van der Waals surface area (Å²) in [4.78, 5) is 13.5. The van der Waals surface area contributed by atoms with E-state index in [-0.39, 0.29) is 12.5 Å². The van der Waals surface area contributed by atoms with Crippen LogP contribution in [0.25, 0.3) is 0 Å². The molecule has 0 saturated carbocycles. The Labute approximate surface area is 96.8 Å². The van der Waals surface area contributed by atoms with Crippen molar-refractivity contribution in [1.82, 2.24) is 0 Å². The summed E-state index contributed by atoms with van der Waals surface area (Å²) in [5.41, 5.74) is 1.99. The third-order valence-corrected chi connectivity index (χ3v) is 2.64. The average Bonchev–Trinajstić information content (AvgIpc) is 2.28. The van der Waals surface area contributed by atoms with Crippen molar-refractivity contribution in [2.45, 2.75) is 19.7 Å². The highest BCUT2D eigenvalue weighted by atomic mass is 16.5. The van der Waals surface area contributed by atoms with Crippen LogP contribution in [0.15, 0.2) is 18.2 Å². The van der Waals surface area contributed by atoms with Crippen molar-refractivity contribution in [2.24, 2.45) is 0 Å². The van der Waals surface area contributed by atoms with Gasteiger partial charge in [-0.3, -0.25) is 4.79 Å². The zero-order valence-electron chi connectivity index (χ0n) is 9.40. The molecule has 1 amide bonds. The topological polar surface area (TPSA) is 29.5 Å². The number of ether oxygens (including phenoxy) is 1. The SMILES string of the molecule is [B]CCCN1C(=O)COc2ccc(C)cc21. The molecule has 2 radical (unpaired) electrons. The Balaban J connectivity index is 2.31. The number of rotatable bonds is 3. The van der Waals surface area contributed by atoms with E-state index in [2.05, 4.69) is 0 Å². The fourth-order valence-electron chi connectivity index (χ4n) is 1.81. The van der Waals surface area contributed by atoms with Crippen LogP contribution >= 0.6 is 0 Å². The summed E-state index contributed by atoms with van der Waals surface area (Å²) in [7, 11) is 5.47. The van der Waals surface area contributed by atoms with Gasteiger partial charge in [-0.2, -0.15) is 0 Å². The fourth-order valence-corrected chi connectivity index (χ4v) is 1.81. The molecule has 16 heavy (non-hydrogen) atoms. The third kappa shape index (κ3) is 2.06. The smallest absolute Gasteiger partial charge is 0.265 e. The minimum Gasteiger partial charge on any atom is -0.482 e. The summed E-state index contributed by atoms with van der Waals surface area (Å²) >= 11 is 0. The molecular weight excluding hydrogens is 201 g/mol. The molecule has 0 unspecified atom stereocenters. The minimum absolute atomic E-state index is 0.00606. The van der Waals surface area contributed by atoms with Crippen molar-refractivity contribution >= 4 is 19.4 Å². The lowest BCUT2D eigenvalue weighted by molar-refractivity contribution is -0.121.